The summed E-state index contributed by atoms with van der Waals surface area (Å²) in [5.41, 5.74) is 1.52. The average Bonchev–Trinajstić information content (AvgIpc) is 2.68. The van der Waals surface area contributed by atoms with Gasteiger partial charge in [-0.2, -0.15) is 0 Å². The molecule has 1 fully saturated rings. The fourth-order valence-electron chi connectivity index (χ4n) is 3.02. The van der Waals surface area contributed by atoms with Gasteiger partial charge in [-0.05, 0) is 84.0 Å². The summed E-state index contributed by atoms with van der Waals surface area (Å²) in [6.45, 7) is 4.11. The Hall–Kier alpha value is -2.40. The van der Waals surface area contributed by atoms with Crippen molar-refractivity contribution >= 4 is 68.1 Å². The number of amides is 4. The Bertz CT molecular complexity index is 1080. The standard InChI is InChI=1S/C21H18BrIN2O5/c1-4-30-18-15(23)9-12(10-17(18)29-3)8-14-19(26)24-21(28)25(20(14)27)16-6-5-13(22)7-11(16)2/h5-10H,4H2,1-3H3,(H,24,26,28)/b14-8-. The Kier molecular flexibility index (Phi) is 6.81. The molecule has 9 heteroatoms. The zero-order chi connectivity index (χ0) is 22.0. The SMILES string of the molecule is CCOc1c(I)cc(/C=C2/C(=O)NC(=O)N(c3ccc(Br)cc3C)C2=O)cc1OC. The lowest BCUT2D eigenvalue weighted by Gasteiger charge is -2.27. The number of hydrogen-bond donors (Lipinski definition) is 1. The third-order valence-corrected chi connectivity index (χ3v) is 5.65. The largest absolute Gasteiger partial charge is 0.493 e. The molecule has 0 spiro atoms. The minimum Gasteiger partial charge on any atom is -0.493 e. The quantitative estimate of drug-likeness (QED) is 0.319. The number of halogens is 2. The van der Waals surface area contributed by atoms with Gasteiger partial charge in [0.15, 0.2) is 11.5 Å². The van der Waals surface area contributed by atoms with E-state index >= 15 is 0 Å². The number of barbiturate groups is 1. The third kappa shape index (κ3) is 4.36. The highest BCUT2D eigenvalue weighted by Gasteiger charge is 2.37. The van der Waals surface area contributed by atoms with E-state index in [2.05, 4.69) is 43.8 Å². The third-order valence-electron chi connectivity index (χ3n) is 4.35. The van der Waals surface area contributed by atoms with Crippen molar-refractivity contribution in [2.24, 2.45) is 0 Å². The fraction of sp³-hybridized carbons (Fsp3) is 0.190. The lowest BCUT2D eigenvalue weighted by molar-refractivity contribution is -0.122. The molecule has 1 heterocycles. The van der Waals surface area contributed by atoms with E-state index in [1.54, 1.807) is 37.3 Å². The summed E-state index contributed by atoms with van der Waals surface area (Å²) < 4.78 is 12.6. The molecule has 4 amide bonds. The summed E-state index contributed by atoms with van der Waals surface area (Å²) in [5.74, 6) is -0.378. The zero-order valence-electron chi connectivity index (χ0n) is 16.4. The summed E-state index contributed by atoms with van der Waals surface area (Å²) >= 11 is 5.46. The van der Waals surface area contributed by atoms with E-state index in [1.807, 2.05) is 6.92 Å². The van der Waals surface area contributed by atoms with E-state index in [0.717, 1.165) is 12.9 Å². The number of hydrogen-bond acceptors (Lipinski definition) is 5. The van der Waals surface area contributed by atoms with Crippen molar-refractivity contribution in [3.05, 3.63) is 55.1 Å². The van der Waals surface area contributed by atoms with Gasteiger partial charge in [-0.3, -0.25) is 14.9 Å². The Morgan fingerprint density at radius 3 is 2.57 bits per heavy atom. The molecular weight excluding hydrogens is 567 g/mol. The van der Waals surface area contributed by atoms with Crippen molar-refractivity contribution in [2.75, 3.05) is 18.6 Å². The molecule has 7 nitrogen and oxygen atoms in total. The lowest BCUT2D eigenvalue weighted by atomic mass is 10.1. The van der Waals surface area contributed by atoms with Gasteiger partial charge in [0.1, 0.15) is 5.57 Å². The molecule has 0 radical (unpaired) electrons. The van der Waals surface area contributed by atoms with Crippen LogP contribution < -0.4 is 19.7 Å². The first-order chi connectivity index (χ1) is 14.3. The van der Waals surface area contributed by atoms with Crippen LogP contribution in [0.2, 0.25) is 0 Å². The topological polar surface area (TPSA) is 84.9 Å². The van der Waals surface area contributed by atoms with E-state index in [0.29, 0.717) is 34.9 Å². The van der Waals surface area contributed by atoms with Crippen LogP contribution in [-0.2, 0) is 9.59 Å². The second-order valence-electron chi connectivity index (χ2n) is 6.36. The summed E-state index contributed by atoms with van der Waals surface area (Å²) in [4.78, 5) is 38.9. The first kappa shape index (κ1) is 22.3. The molecule has 1 saturated heterocycles. The Morgan fingerprint density at radius 1 is 1.20 bits per heavy atom. The number of benzene rings is 2. The molecule has 2 aromatic carbocycles. The van der Waals surface area contributed by atoms with Gasteiger partial charge in [-0.15, -0.1) is 0 Å². The minimum atomic E-state index is -0.786. The van der Waals surface area contributed by atoms with Crippen molar-refractivity contribution in [2.45, 2.75) is 13.8 Å². The van der Waals surface area contributed by atoms with Gasteiger partial charge in [0.25, 0.3) is 11.8 Å². The number of nitrogens with zero attached hydrogens (tertiary/aromatic N) is 1. The Labute approximate surface area is 195 Å². The van der Waals surface area contributed by atoms with Crippen molar-refractivity contribution in [3.8, 4) is 11.5 Å². The molecule has 0 aromatic heterocycles. The predicted octanol–water partition coefficient (Wildman–Crippen LogP) is 4.44. The van der Waals surface area contributed by atoms with Crippen LogP contribution in [-0.4, -0.2) is 31.6 Å². The molecule has 1 aliphatic rings. The number of ether oxygens (including phenoxy) is 2. The molecule has 2 aromatic rings. The van der Waals surface area contributed by atoms with Gasteiger partial charge in [0, 0.05) is 4.47 Å². The molecular formula is C21H18BrIN2O5. The van der Waals surface area contributed by atoms with Crippen molar-refractivity contribution in [3.63, 3.8) is 0 Å². The molecule has 0 atom stereocenters. The summed E-state index contributed by atoms with van der Waals surface area (Å²) in [5, 5.41) is 2.23. The van der Waals surface area contributed by atoms with E-state index in [-0.39, 0.29) is 5.57 Å². The van der Waals surface area contributed by atoms with Crippen LogP contribution in [0.4, 0.5) is 10.5 Å². The fourth-order valence-corrected chi connectivity index (χ4v) is 4.28. The van der Waals surface area contributed by atoms with Gasteiger partial charge in [-0.25, -0.2) is 9.69 Å². The summed E-state index contributed by atoms with van der Waals surface area (Å²) in [6, 6.07) is 7.82. The monoisotopic (exact) mass is 584 g/mol. The van der Waals surface area contributed by atoms with Crippen LogP contribution in [0.5, 0.6) is 11.5 Å². The minimum absolute atomic E-state index is 0.154. The number of imide groups is 2. The van der Waals surface area contributed by atoms with Gasteiger partial charge in [-0.1, -0.05) is 15.9 Å². The molecule has 0 aliphatic carbocycles. The summed E-state index contributed by atoms with van der Waals surface area (Å²) in [6.07, 6.45) is 1.44. The number of carbonyl (C=O) groups is 3. The molecule has 3 rings (SSSR count). The Morgan fingerprint density at radius 2 is 1.93 bits per heavy atom. The molecule has 0 bridgehead atoms. The maximum atomic E-state index is 13.1. The van der Waals surface area contributed by atoms with E-state index in [9.17, 15) is 14.4 Å². The number of nitrogens with one attached hydrogen (secondary N) is 1. The number of urea groups is 1. The Balaban J connectivity index is 2.06. The predicted molar refractivity (Wildman–Crippen MR) is 125 cm³/mol. The number of carbonyl (C=O) groups excluding carboxylic acids is 3. The van der Waals surface area contributed by atoms with Crippen LogP contribution in [0, 0.1) is 10.5 Å². The van der Waals surface area contributed by atoms with Gasteiger partial charge in [0.05, 0.1) is 23.0 Å². The van der Waals surface area contributed by atoms with E-state index in [1.165, 1.54) is 13.2 Å². The number of rotatable bonds is 5. The normalized spacial score (nSPS) is 15.4. The average molecular weight is 585 g/mol. The number of anilines is 1. The van der Waals surface area contributed by atoms with Gasteiger partial charge >= 0.3 is 6.03 Å². The van der Waals surface area contributed by atoms with Crippen LogP contribution in [0.15, 0.2) is 40.4 Å². The first-order valence-corrected chi connectivity index (χ1v) is 10.8. The van der Waals surface area contributed by atoms with Gasteiger partial charge in [0.2, 0.25) is 0 Å². The van der Waals surface area contributed by atoms with E-state index < -0.39 is 17.8 Å². The highest BCUT2D eigenvalue weighted by atomic mass is 127. The van der Waals surface area contributed by atoms with Crippen molar-refractivity contribution in [1.29, 1.82) is 0 Å². The molecule has 1 N–H and O–H groups in total. The highest BCUT2D eigenvalue weighted by Crippen LogP contribution is 2.35. The van der Waals surface area contributed by atoms with Crippen LogP contribution >= 0.6 is 38.5 Å². The molecule has 0 saturated carbocycles. The van der Waals surface area contributed by atoms with Crippen molar-refractivity contribution < 1.29 is 23.9 Å². The van der Waals surface area contributed by atoms with E-state index in [4.69, 9.17) is 9.47 Å². The molecule has 30 heavy (non-hydrogen) atoms. The van der Waals surface area contributed by atoms with Crippen LogP contribution in [0.3, 0.4) is 0 Å². The van der Waals surface area contributed by atoms with Gasteiger partial charge < -0.3 is 9.47 Å². The highest BCUT2D eigenvalue weighted by molar-refractivity contribution is 14.1. The number of aryl methyl sites for hydroxylation is 1. The van der Waals surface area contributed by atoms with Crippen LogP contribution in [0.1, 0.15) is 18.1 Å². The number of methoxy groups -OCH3 is 1. The second kappa shape index (κ2) is 9.17. The maximum absolute atomic E-state index is 13.1. The summed E-state index contributed by atoms with van der Waals surface area (Å²) in [7, 11) is 1.51. The molecule has 0 unspecified atom stereocenters. The second-order valence-corrected chi connectivity index (χ2v) is 8.43. The maximum Gasteiger partial charge on any atom is 0.335 e. The molecule has 156 valence electrons. The lowest BCUT2D eigenvalue weighted by Crippen LogP contribution is -2.54. The molecule has 1 aliphatic heterocycles. The first-order valence-electron chi connectivity index (χ1n) is 8.94. The van der Waals surface area contributed by atoms with Crippen LogP contribution in [0.25, 0.3) is 6.08 Å². The zero-order valence-corrected chi connectivity index (χ0v) is 20.2. The van der Waals surface area contributed by atoms with Crippen molar-refractivity contribution in [1.82, 2.24) is 5.32 Å². The smallest absolute Gasteiger partial charge is 0.335 e.